The summed E-state index contributed by atoms with van der Waals surface area (Å²) in [5.41, 5.74) is 4.04. The third-order valence-electron chi connectivity index (χ3n) is 5.44. The van der Waals surface area contributed by atoms with Gasteiger partial charge in [-0.25, -0.2) is 0 Å². The molecule has 2 amide bonds. The molecule has 3 rings (SSSR count). The molecule has 1 N–H and O–H groups in total. The van der Waals surface area contributed by atoms with Gasteiger partial charge in [0.05, 0.1) is 0 Å². The van der Waals surface area contributed by atoms with E-state index in [2.05, 4.69) is 36.2 Å². The van der Waals surface area contributed by atoms with Crippen LogP contribution >= 0.6 is 0 Å². The highest BCUT2D eigenvalue weighted by molar-refractivity contribution is 5.94. The molecule has 0 bridgehead atoms. The second kappa shape index (κ2) is 9.59. The molecule has 2 aromatic carbocycles. The number of amides is 2. The minimum Gasteiger partial charge on any atom is -0.372 e. The van der Waals surface area contributed by atoms with Crippen LogP contribution < -0.4 is 15.1 Å². The fraction of sp³-hybridized carbons (Fsp3) is 0.417. The molecule has 5 heteroatoms. The second-order valence-electron chi connectivity index (χ2n) is 7.96. The van der Waals surface area contributed by atoms with Crippen LogP contribution in [-0.2, 0) is 9.59 Å². The van der Waals surface area contributed by atoms with Gasteiger partial charge in [0.2, 0.25) is 11.8 Å². The zero-order valence-corrected chi connectivity index (χ0v) is 17.6. The van der Waals surface area contributed by atoms with Crippen molar-refractivity contribution in [3.05, 3.63) is 54.1 Å². The zero-order valence-electron chi connectivity index (χ0n) is 17.6. The van der Waals surface area contributed by atoms with Crippen molar-refractivity contribution in [3.63, 3.8) is 0 Å². The van der Waals surface area contributed by atoms with E-state index in [1.165, 1.54) is 31.0 Å². The van der Waals surface area contributed by atoms with Crippen LogP contribution in [0, 0.1) is 0 Å². The lowest BCUT2D eigenvalue weighted by Gasteiger charge is -2.22. The average Bonchev–Trinajstić information content (AvgIpc) is 3.23. The standard InChI is InChI=1S/C24H31N3O2/c1-18(2)20-6-10-23(11-7-20)27(19(3)28)17-14-24(29)25-21-8-12-22(13-9-21)26-15-4-5-16-26/h6-13,18H,4-5,14-17H2,1-3H3,(H,25,29). The Morgan fingerprint density at radius 3 is 2.17 bits per heavy atom. The van der Waals surface area contributed by atoms with Crippen molar-refractivity contribution < 1.29 is 9.59 Å². The van der Waals surface area contributed by atoms with Gasteiger partial charge in [-0.15, -0.1) is 0 Å². The number of hydrogen-bond donors (Lipinski definition) is 1. The first-order chi connectivity index (χ1) is 13.9. The molecule has 0 aliphatic carbocycles. The van der Waals surface area contributed by atoms with Crippen LogP contribution in [0.1, 0.15) is 51.5 Å². The van der Waals surface area contributed by atoms with Crippen LogP contribution in [-0.4, -0.2) is 31.4 Å². The van der Waals surface area contributed by atoms with Crippen molar-refractivity contribution in [1.82, 2.24) is 0 Å². The van der Waals surface area contributed by atoms with E-state index in [9.17, 15) is 9.59 Å². The SMILES string of the molecule is CC(=O)N(CCC(=O)Nc1ccc(N2CCCC2)cc1)c1ccc(C(C)C)cc1. The van der Waals surface area contributed by atoms with Crippen LogP contribution in [0.4, 0.5) is 17.1 Å². The minimum absolute atomic E-state index is 0.0648. The van der Waals surface area contributed by atoms with Gasteiger partial charge in [0.25, 0.3) is 0 Å². The molecule has 0 saturated carbocycles. The monoisotopic (exact) mass is 393 g/mol. The largest absolute Gasteiger partial charge is 0.372 e. The summed E-state index contributed by atoms with van der Waals surface area (Å²) in [5, 5.41) is 2.93. The van der Waals surface area contributed by atoms with Crippen molar-refractivity contribution >= 4 is 28.9 Å². The van der Waals surface area contributed by atoms with Gasteiger partial charge >= 0.3 is 0 Å². The van der Waals surface area contributed by atoms with Crippen LogP contribution in [0.5, 0.6) is 0 Å². The van der Waals surface area contributed by atoms with Crippen molar-refractivity contribution in [2.24, 2.45) is 0 Å². The summed E-state index contributed by atoms with van der Waals surface area (Å²) in [7, 11) is 0. The molecule has 1 aliphatic rings. The highest BCUT2D eigenvalue weighted by Crippen LogP contribution is 2.23. The Labute approximate surface area is 173 Å². The van der Waals surface area contributed by atoms with Gasteiger partial charge in [-0.3, -0.25) is 9.59 Å². The molecule has 1 fully saturated rings. The first kappa shape index (κ1) is 20.9. The Morgan fingerprint density at radius 1 is 1.00 bits per heavy atom. The maximum absolute atomic E-state index is 12.4. The zero-order chi connectivity index (χ0) is 20.8. The van der Waals surface area contributed by atoms with Crippen LogP contribution in [0.3, 0.4) is 0 Å². The lowest BCUT2D eigenvalue weighted by atomic mass is 10.0. The lowest BCUT2D eigenvalue weighted by molar-refractivity contribution is -0.117. The molecule has 0 spiro atoms. The van der Waals surface area contributed by atoms with Gasteiger partial charge in [0.1, 0.15) is 0 Å². The fourth-order valence-electron chi connectivity index (χ4n) is 3.68. The maximum Gasteiger partial charge on any atom is 0.226 e. The first-order valence-electron chi connectivity index (χ1n) is 10.5. The molecule has 0 atom stereocenters. The number of carbonyl (C=O) groups excluding carboxylic acids is 2. The summed E-state index contributed by atoms with van der Waals surface area (Å²) >= 11 is 0. The molecule has 29 heavy (non-hydrogen) atoms. The molecular formula is C24H31N3O2. The maximum atomic E-state index is 12.4. The molecule has 1 heterocycles. The number of nitrogens with one attached hydrogen (secondary N) is 1. The number of rotatable bonds is 7. The van der Waals surface area contributed by atoms with Crippen LogP contribution in [0.2, 0.25) is 0 Å². The smallest absolute Gasteiger partial charge is 0.226 e. The van der Waals surface area contributed by atoms with E-state index in [0.717, 1.165) is 24.5 Å². The Bertz CT molecular complexity index is 822. The predicted molar refractivity (Wildman–Crippen MR) is 120 cm³/mol. The van der Waals surface area contributed by atoms with Gasteiger partial charge in [-0.2, -0.15) is 0 Å². The number of anilines is 3. The summed E-state index contributed by atoms with van der Waals surface area (Å²) in [6.07, 6.45) is 2.73. The second-order valence-corrected chi connectivity index (χ2v) is 7.96. The summed E-state index contributed by atoms with van der Waals surface area (Å²) < 4.78 is 0. The summed E-state index contributed by atoms with van der Waals surface area (Å²) in [6, 6.07) is 16.0. The van der Waals surface area contributed by atoms with E-state index in [1.807, 2.05) is 36.4 Å². The fourth-order valence-corrected chi connectivity index (χ4v) is 3.68. The van der Waals surface area contributed by atoms with Crippen molar-refractivity contribution in [2.75, 3.05) is 34.8 Å². The van der Waals surface area contributed by atoms with Crippen LogP contribution in [0.25, 0.3) is 0 Å². The van der Waals surface area contributed by atoms with Crippen molar-refractivity contribution in [3.8, 4) is 0 Å². The van der Waals surface area contributed by atoms with Gasteiger partial charge in [-0.05, 0) is 60.7 Å². The lowest BCUT2D eigenvalue weighted by Crippen LogP contribution is -2.31. The highest BCUT2D eigenvalue weighted by atomic mass is 16.2. The Balaban J connectivity index is 1.55. The molecule has 2 aromatic rings. The van der Waals surface area contributed by atoms with Gasteiger partial charge in [0, 0.05) is 50.0 Å². The van der Waals surface area contributed by atoms with E-state index >= 15 is 0 Å². The van der Waals surface area contributed by atoms with E-state index in [1.54, 1.807) is 4.90 Å². The number of carbonyl (C=O) groups is 2. The summed E-state index contributed by atoms with van der Waals surface area (Å²) in [6.45, 7) is 8.37. The topological polar surface area (TPSA) is 52.7 Å². The van der Waals surface area contributed by atoms with E-state index in [-0.39, 0.29) is 18.2 Å². The molecule has 5 nitrogen and oxygen atoms in total. The van der Waals surface area contributed by atoms with Crippen molar-refractivity contribution in [1.29, 1.82) is 0 Å². The van der Waals surface area contributed by atoms with Gasteiger partial charge < -0.3 is 15.1 Å². The van der Waals surface area contributed by atoms with E-state index in [0.29, 0.717) is 12.5 Å². The molecule has 154 valence electrons. The van der Waals surface area contributed by atoms with Crippen LogP contribution in [0.15, 0.2) is 48.5 Å². The molecule has 0 unspecified atom stereocenters. The average molecular weight is 394 g/mol. The molecule has 0 aromatic heterocycles. The first-order valence-corrected chi connectivity index (χ1v) is 10.5. The summed E-state index contributed by atoms with van der Waals surface area (Å²) in [4.78, 5) is 28.5. The molecule has 1 saturated heterocycles. The van der Waals surface area contributed by atoms with Gasteiger partial charge in [-0.1, -0.05) is 26.0 Å². The van der Waals surface area contributed by atoms with E-state index in [4.69, 9.17) is 0 Å². The number of benzene rings is 2. The van der Waals surface area contributed by atoms with E-state index < -0.39 is 0 Å². The number of hydrogen-bond acceptors (Lipinski definition) is 3. The molecule has 0 radical (unpaired) electrons. The Morgan fingerprint density at radius 2 is 1.62 bits per heavy atom. The number of nitrogens with zero attached hydrogens (tertiary/aromatic N) is 2. The predicted octanol–water partition coefficient (Wildman–Crippen LogP) is 4.79. The summed E-state index contributed by atoms with van der Waals surface area (Å²) in [5.74, 6) is 0.284. The highest BCUT2D eigenvalue weighted by Gasteiger charge is 2.15. The molecule has 1 aliphatic heterocycles. The third kappa shape index (κ3) is 5.59. The Hall–Kier alpha value is -2.82. The molecular weight excluding hydrogens is 362 g/mol. The quantitative estimate of drug-likeness (QED) is 0.736. The minimum atomic E-state index is -0.0935. The Kier molecular flexibility index (Phi) is 6.91. The normalized spacial score (nSPS) is 13.6. The van der Waals surface area contributed by atoms with Crippen molar-refractivity contribution in [2.45, 2.75) is 46.0 Å². The van der Waals surface area contributed by atoms with Gasteiger partial charge in [0.15, 0.2) is 0 Å². The third-order valence-corrected chi connectivity index (χ3v) is 5.44.